The predicted molar refractivity (Wildman–Crippen MR) is 70.3 cm³/mol. The number of nitrogens with zero attached hydrogens (tertiary/aromatic N) is 1. The fourth-order valence-electron chi connectivity index (χ4n) is 2.64. The second-order valence-corrected chi connectivity index (χ2v) is 4.96. The molecule has 2 heterocycles. The molecule has 1 saturated heterocycles. The minimum Gasteiger partial charge on any atom is -0.486 e. The van der Waals surface area contributed by atoms with Gasteiger partial charge in [0.1, 0.15) is 13.2 Å². The van der Waals surface area contributed by atoms with E-state index in [9.17, 15) is 0 Å². The van der Waals surface area contributed by atoms with Crippen LogP contribution in [0.4, 0.5) is 0 Å². The number of rotatable bonds is 1. The minimum atomic E-state index is 0.420. The summed E-state index contributed by atoms with van der Waals surface area (Å²) in [7, 11) is 2.19. The van der Waals surface area contributed by atoms with Crippen LogP contribution in [0.3, 0.4) is 0 Å². The molecule has 0 saturated carbocycles. The number of nitrogens with one attached hydrogen (secondary N) is 1. The minimum absolute atomic E-state index is 0.420. The molecule has 2 aliphatic rings. The third-order valence-electron chi connectivity index (χ3n) is 3.69. The Morgan fingerprint density at radius 3 is 2.94 bits per heavy atom. The second kappa shape index (κ2) is 5.16. The van der Waals surface area contributed by atoms with E-state index in [4.69, 9.17) is 9.47 Å². The zero-order valence-electron chi connectivity index (χ0n) is 10.8. The van der Waals surface area contributed by atoms with E-state index >= 15 is 0 Å². The fourth-order valence-corrected chi connectivity index (χ4v) is 2.64. The lowest BCUT2D eigenvalue weighted by Gasteiger charge is -2.27. The number of hydrogen-bond donors (Lipinski definition) is 1. The van der Waals surface area contributed by atoms with Crippen molar-refractivity contribution in [3.8, 4) is 11.5 Å². The molecular formula is C14H20N2O2. The Kier molecular flexibility index (Phi) is 3.39. The highest BCUT2D eigenvalue weighted by Crippen LogP contribution is 2.33. The summed E-state index contributed by atoms with van der Waals surface area (Å²) in [5, 5.41) is 3.49. The average Bonchev–Trinajstić information content (AvgIpc) is 2.63. The zero-order chi connectivity index (χ0) is 12.4. The summed E-state index contributed by atoms with van der Waals surface area (Å²) in [5.41, 5.74) is 1.30. The van der Waals surface area contributed by atoms with Crippen LogP contribution >= 0.6 is 0 Å². The molecule has 3 rings (SSSR count). The molecular weight excluding hydrogens is 228 g/mol. The lowest BCUT2D eigenvalue weighted by molar-refractivity contribution is 0.170. The monoisotopic (exact) mass is 248 g/mol. The summed E-state index contributed by atoms with van der Waals surface area (Å²) >= 11 is 0. The first-order valence-electron chi connectivity index (χ1n) is 6.65. The first-order chi connectivity index (χ1) is 8.84. The molecule has 4 heteroatoms. The van der Waals surface area contributed by atoms with E-state index in [1.165, 1.54) is 12.0 Å². The molecule has 98 valence electrons. The van der Waals surface area contributed by atoms with Crippen LogP contribution in [-0.2, 0) is 0 Å². The van der Waals surface area contributed by atoms with Gasteiger partial charge >= 0.3 is 0 Å². The number of hydrogen-bond acceptors (Lipinski definition) is 4. The smallest absolute Gasteiger partial charge is 0.161 e. The molecule has 0 aromatic heterocycles. The molecule has 1 aromatic rings. The third-order valence-corrected chi connectivity index (χ3v) is 3.69. The Morgan fingerprint density at radius 1 is 1.22 bits per heavy atom. The molecule has 1 atom stereocenters. The standard InChI is InChI=1S/C14H20N2O2/c1-16-6-2-5-15-10-12(16)11-3-4-13-14(9-11)18-8-7-17-13/h3-4,9,12,15H,2,5-8,10H2,1H3. The van der Waals surface area contributed by atoms with Crippen LogP contribution < -0.4 is 14.8 Å². The molecule has 4 nitrogen and oxygen atoms in total. The first kappa shape index (κ1) is 11.8. The average molecular weight is 248 g/mol. The number of benzene rings is 1. The lowest BCUT2D eigenvalue weighted by atomic mass is 10.0. The summed E-state index contributed by atoms with van der Waals surface area (Å²) in [5.74, 6) is 1.76. The summed E-state index contributed by atoms with van der Waals surface area (Å²) in [6.07, 6.45) is 1.21. The van der Waals surface area contributed by atoms with Crippen molar-refractivity contribution in [3.05, 3.63) is 23.8 Å². The van der Waals surface area contributed by atoms with Crippen molar-refractivity contribution >= 4 is 0 Å². The molecule has 0 amide bonds. The molecule has 1 unspecified atom stereocenters. The van der Waals surface area contributed by atoms with Gasteiger partial charge in [0.05, 0.1) is 0 Å². The van der Waals surface area contributed by atoms with Gasteiger partial charge in [-0.15, -0.1) is 0 Å². The van der Waals surface area contributed by atoms with Gasteiger partial charge in [0, 0.05) is 12.6 Å². The van der Waals surface area contributed by atoms with Crippen LogP contribution in [0.15, 0.2) is 18.2 Å². The van der Waals surface area contributed by atoms with E-state index in [1.807, 2.05) is 6.07 Å². The normalized spacial score (nSPS) is 24.6. The van der Waals surface area contributed by atoms with Gasteiger partial charge < -0.3 is 14.8 Å². The van der Waals surface area contributed by atoms with Crippen LogP contribution in [-0.4, -0.2) is 44.8 Å². The maximum absolute atomic E-state index is 5.66. The van der Waals surface area contributed by atoms with Gasteiger partial charge in [-0.1, -0.05) is 6.07 Å². The molecule has 1 N–H and O–H groups in total. The van der Waals surface area contributed by atoms with E-state index in [1.54, 1.807) is 0 Å². The number of fused-ring (bicyclic) bond motifs is 1. The molecule has 1 fully saturated rings. The number of likely N-dealkylation sites (N-methyl/N-ethyl adjacent to an activating group) is 1. The molecule has 18 heavy (non-hydrogen) atoms. The van der Waals surface area contributed by atoms with Crippen LogP contribution in [0, 0.1) is 0 Å². The van der Waals surface area contributed by atoms with Gasteiger partial charge in [-0.25, -0.2) is 0 Å². The molecule has 0 aliphatic carbocycles. The maximum Gasteiger partial charge on any atom is 0.161 e. The number of ether oxygens (including phenoxy) is 2. The Bertz CT molecular complexity index is 422. The lowest BCUT2D eigenvalue weighted by Crippen LogP contribution is -2.29. The van der Waals surface area contributed by atoms with Crippen LogP contribution in [0.5, 0.6) is 11.5 Å². The SMILES string of the molecule is CN1CCCNCC1c1ccc2c(c1)OCCO2. The second-order valence-electron chi connectivity index (χ2n) is 4.96. The predicted octanol–water partition coefficient (Wildman–Crippen LogP) is 1.42. The highest BCUT2D eigenvalue weighted by atomic mass is 16.6. The van der Waals surface area contributed by atoms with Gasteiger partial charge in [-0.3, -0.25) is 4.90 Å². The summed E-state index contributed by atoms with van der Waals surface area (Å²) in [6.45, 7) is 4.53. The Labute approximate surface area is 108 Å². The topological polar surface area (TPSA) is 33.7 Å². The largest absolute Gasteiger partial charge is 0.486 e. The molecule has 0 radical (unpaired) electrons. The quantitative estimate of drug-likeness (QED) is 0.815. The van der Waals surface area contributed by atoms with E-state index in [2.05, 4.69) is 29.4 Å². The molecule has 0 bridgehead atoms. The van der Waals surface area contributed by atoms with Gasteiger partial charge in [0.15, 0.2) is 11.5 Å². The van der Waals surface area contributed by atoms with Gasteiger partial charge in [-0.2, -0.15) is 0 Å². The van der Waals surface area contributed by atoms with E-state index in [-0.39, 0.29) is 0 Å². The summed E-state index contributed by atoms with van der Waals surface area (Å²) < 4.78 is 11.2. The van der Waals surface area contributed by atoms with Gasteiger partial charge in [0.25, 0.3) is 0 Å². The maximum atomic E-state index is 5.66. The Hall–Kier alpha value is -1.26. The van der Waals surface area contributed by atoms with Crippen molar-refractivity contribution in [1.29, 1.82) is 0 Å². The third kappa shape index (κ3) is 2.31. The molecule has 2 aliphatic heterocycles. The highest BCUT2D eigenvalue weighted by molar-refractivity contribution is 5.44. The highest BCUT2D eigenvalue weighted by Gasteiger charge is 2.21. The first-order valence-corrected chi connectivity index (χ1v) is 6.65. The fraction of sp³-hybridized carbons (Fsp3) is 0.571. The summed E-state index contributed by atoms with van der Waals surface area (Å²) in [6, 6.07) is 6.73. The van der Waals surface area contributed by atoms with Gasteiger partial charge in [-0.05, 0) is 44.3 Å². The van der Waals surface area contributed by atoms with Crippen molar-refractivity contribution in [2.45, 2.75) is 12.5 Å². The Morgan fingerprint density at radius 2 is 2.06 bits per heavy atom. The van der Waals surface area contributed by atoms with Crippen LogP contribution in [0.25, 0.3) is 0 Å². The van der Waals surface area contributed by atoms with Crippen molar-refractivity contribution in [3.63, 3.8) is 0 Å². The Balaban J connectivity index is 1.86. The van der Waals surface area contributed by atoms with Crippen LogP contribution in [0.1, 0.15) is 18.0 Å². The summed E-state index contributed by atoms with van der Waals surface area (Å²) in [4.78, 5) is 2.41. The van der Waals surface area contributed by atoms with Gasteiger partial charge in [0.2, 0.25) is 0 Å². The zero-order valence-corrected chi connectivity index (χ0v) is 10.8. The van der Waals surface area contributed by atoms with Crippen molar-refractivity contribution in [1.82, 2.24) is 10.2 Å². The van der Waals surface area contributed by atoms with Crippen molar-refractivity contribution < 1.29 is 9.47 Å². The molecule has 0 spiro atoms. The molecule has 1 aromatic carbocycles. The van der Waals surface area contributed by atoms with Crippen molar-refractivity contribution in [2.75, 3.05) is 39.9 Å². The van der Waals surface area contributed by atoms with E-state index < -0.39 is 0 Å². The van der Waals surface area contributed by atoms with E-state index in [0.29, 0.717) is 19.3 Å². The van der Waals surface area contributed by atoms with E-state index in [0.717, 1.165) is 31.1 Å². The van der Waals surface area contributed by atoms with Crippen LogP contribution in [0.2, 0.25) is 0 Å². The van der Waals surface area contributed by atoms with Crippen molar-refractivity contribution in [2.24, 2.45) is 0 Å².